The zero-order valence-corrected chi connectivity index (χ0v) is 65.2. The first-order chi connectivity index (χ1) is 49.9. The van der Waals surface area contributed by atoms with Crippen LogP contribution >= 0.6 is 11.6 Å². The summed E-state index contributed by atoms with van der Waals surface area (Å²) in [5.41, 5.74) is 4.22. The fourth-order valence-corrected chi connectivity index (χ4v) is 16.1. The Balaban J connectivity index is 1.12. The number of benzene rings is 2. The summed E-state index contributed by atoms with van der Waals surface area (Å²) in [4.78, 5) is 137. The third-order valence-corrected chi connectivity index (χ3v) is 23.0. The van der Waals surface area contributed by atoms with Crippen molar-refractivity contribution in [3.05, 3.63) is 81.9 Å². The highest BCUT2D eigenvalue weighted by Crippen LogP contribution is 2.49. The molecule has 33 heteroatoms. The molecule has 2 unspecified atom stereocenters. The summed E-state index contributed by atoms with van der Waals surface area (Å²) in [6.45, 7) is 10.4. The minimum atomic E-state index is -3.88. The normalized spacial score (nSPS) is 22.2. The fourth-order valence-electron chi connectivity index (χ4n) is 12.7. The number of urea groups is 1. The number of anilines is 1. The Hall–Kier alpha value is -7.43. The fraction of sp³-hybridized carbons (Fsp3) is 0.644. The van der Waals surface area contributed by atoms with Gasteiger partial charge in [-0.05, 0) is 82.9 Å². The number of nitrogens with zero attached hydrogens (tertiary/aromatic N) is 2. The van der Waals surface area contributed by atoms with Gasteiger partial charge in [0.1, 0.15) is 40.7 Å². The molecule has 7 amide bonds. The number of ketones is 3. The number of carbonyl (C=O) groups excluding carboxylic acids is 10. The number of methoxy groups -OCH3 is 4. The molecule has 0 aliphatic carbocycles. The number of nitrogens with two attached hydrogens (primary N) is 1. The number of likely N-dealkylation sites (N-methyl/N-ethyl adjacent to an activating group) is 1. The topological polar surface area (TPSA) is 417 Å². The van der Waals surface area contributed by atoms with E-state index in [-0.39, 0.29) is 112 Å². The van der Waals surface area contributed by atoms with Crippen LogP contribution in [-0.2, 0) is 88.0 Å². The smallest absolute Gasteiger partial charge is 0.409 e. The minimum absolute atomic E-state index is 0.00727. The number of epoxide rings is 1. The molecule has 2 fully saturated rings. The molecule has 3 aliphatic rings. The summed E-state index contributed by atoms with van der Waals surface area (Å²) in [6, 6.07) is 6.08. The lowest BCUT2D eigenvalue weighted by Gasteiger charge is -2.42. The van der Waals surface area contributed by atoms with Crippen molar-refractivity contribution < 1.29 is 108 Å². The van der Waals surface area contributed by atoms with Crippen LogP contribution in [0.4, 0.5) is 15.3 Å². The number of hydrogen-bond donors (Lipinski definition) is 6. The molecule has 2 aromatic carbocycles. The largest absolute Gasteiger partial charge is 0.495 e. The van der Waals surface area contributed by atoms with Crippen molar-refractivity contribution in [2.75, 3.05) is 110 Å². The third-order valence-electron chi connectivity index (χ3n) is 19.2. The van der Waals surface area contributed by atoms with E-state index in [2.05, 4.69) is 21.3 Å². The van der Waals surface area contributed by atoms with Crippen molar-refractivity contribution in [1.82, 2.24) is 26.2 Å². The maximum Gasteiger partial charge on any atom is 0.409 e. The molecule has 0 radical (unpaired) electrons. The zero-order valence-electron chi connectivity index (χ0n) is 62.8. The highest BCUT2D eigenvalue weighted by molar-refractivity contribution is 7.92. The highest BCUT2D eigenvalue weighted by Gasteiger charge is 2.64. The Kier molecular flexibility index (Phi) is 35.2. The molecule has 3 aliphatic heterocycles. The number of ether oxygens (including phenoxy) is 8. The van der Waals surface area contributed by atoms with Gasteiger partial charge in [-0.25, -0.2) is 31.2 Å². The zero-order chi connectivity index (χ0) is 78.9. The van der Waals surface area contributed by atoms with Gasteiger partial charge in [0.05, 0.1) is 80.1 Å². The summed E-state index contributed by atoms with van der Waals surface area (Å²) in [6.07, 6.45) is 1.74. The van der Waals surface area contributed by atoms with Gasteiger partial charge in [-0.2, -0.15) is 0 Å². The standard InChI is InChI=1S/C73H108ClN7O23S2/c1-45(2)65(78-61(84)28-32-101-31-18-21-55(82)50-24-26-51(27-25-50)66(87)53(43-105(93,94)35-33-97-9)44-106(95,96)36-34-98-10)56(83)40-52(20-17-30-77-70(75)90)68(88)76-29-15-13-14-23-62(85)80(7)48(5)69(89)103-60-41-63(86)81(8)54-38-49(39-57(99-11)64(54)74)37-46(3)19-16-22-59(100-12)73(92)42-58(102-71(91)79-73)47(4)67-72(60,6)104-67/h16,19,22,24-27,38-39,45,47-48,52-53,58-60,65,67,92H,13-15,17-18,20-21,23,28-37,40-44H2,1-12H3,(H,76,88)(H,78,84)(H,79,91)(H3,75,77,90)/b22-16+,46-19+/t47-,48-,52-,58?,59+,60-,65+,67?,72-,73-/m1/s1. The number of Topliss-reactive ketones (excluding diaryl/α,β-unsaturated/α-hetero) is 3. The van der Waals surface area contributed by atoms with Crippen molar-refractivity contribution in [3.63, 3.8) is 0 Å². The number of nitrogens with one attached hydrogen (secondary N) is 4. The molecule has 0 saturated carbocycles. The summed E-state index contributed by atoms with van der Waals surface area (Å²) in [5, 5.41) is 22.7. The van der Waals surface area contributed by atoms with Crippen LogP contribution in [0.3, 0.4) is 0 Å². The van der Waals surface area contributed by atoms with Crippen LogP contribution in [0.2, 0.25) is 5.02 Å². The molecule has 3 heterocycles. The lowest BCUT2D eigenvalue weighted by Crippen LogP contribution is -2.63. The average molecular weight is 1550 g/mol. The van der Waals surface area contributed by atoms with Crippen LogP contribution in [0.25, 0.3) is 0 Å². The van der Waals surface area contributed by atoms with E-state index in [0.29, 0.717) is 43.5 Å². The SMILES string of the molecule is COCCS(=O)(=O)CC(CS(=O)(=O)CCOC)C(=O)c1ccc(C(=O)CCCOCCC(=O)N[C@H](C(=O)C[C@@H](CCCNC(N)=O)C(=O)NCCCCCC(=O)N(C)[C@H](C)C(=O)O[C@@H]2CC(=O)N(C)c3cc(cc(OC)c3Cl)C/C(C)=C/C=C/[C@H](OC)[C@]3(O)CC(OC(=O)N3)[C@@H](C)C3O[C@@]32C)C(C)C)cc1. The van der Waals surface area contributed by atoms with Crippen LogP contribution in [0.5, 0.6) is 5.75 Å². The number of esters is 1. The van der Waals surface area contributed by atoms with Gasteiger partial charge in [0, 0.05) is 110 Å². The van der Waals surface area contributed by atoms with E-state index in [4.69, 9.17) is 55.2 Å². The Morgan fingerprint density at radius 3 is 2.09 bits per heavy atom. The predicted octanol–water partition coefficient (Wildman–Crippen LogP) is 5.35. The molecule has 2 saturated heterocycles. The van der Waals surface area contributed by atoms with E-state index >= 15 is 0 Å². The Labute approximate surface area is 626 Å². The number of primary amides is 1. The van der Waals surface area contributed by atoms with Crippen LogP contribution in [-0.4, -0.2) is 239 Å². The van der Waals surface area contributed by atoms with E-state index in [1.54, 1.807) is 52.0 Å². The number of rotatable bonds is 41. The summed E-state index contributed by atoms with van der Waals surface area (Å²) in [5.74, 6) is -9.33. The second-order valence-corrected chi connectivity index (χ2v) is 32.7. The minimum Gasteiger partial charge on any atom is -0.495 e. The van der Waals surface area contributed by atoms with Gasteiger partial charge < -0.3 is 74.5 Å². The first-order valence-corrected chi connectivity index (χ1v) is 39.6. The van der Waals surface area contributed by atoms with Gasteiger partial charge in [-0.3, -0.25) is 38.9 Å². The van der Waals surface area contributed by atoms with Gasteiger partial charge in [0.15, 0.2) is 42.7 Å². The quantitative estimate of drug-likeness (QED) is 0.0211. The van der Waals surface area contributed by atoms with Crippen LogP contribution in [0, 0.1) is 23.7 Å². The molecular weight excluding hydrogens is 1440 g/mol. The van der Waals surface area contributed by atoms with Crippen molar-refractivity contribution in [2.24, 2.45) is 29.4 Å². The molecule has 0 spiro atoms. The van der Waals surface area contributed by atoms with E-state index in [9.17, 15) is 69.9 Å². The Morgan fingerprint density at radius 2 is 1.48 bits per heavy atom. The van der Waals surface area contributed by atoms with E-state index < -0.39 is 168 Å². The van der Waals surface area contributed by atoms with Gasteiger partial charge in [-0.15, -0.1) is 0 Å². The number of unbranched alkanes of at least 4 members (excludes halogenated alkanes) is 2. The second kappa shape index (κ2) is 41.8. The molecular formula is C73H108ClN7O23S2. The molecule has 0 aromatic heterocycles. The first kappa shape index (κ1) is 89.2. The predicted molar refractivity (Wildman–Crippen MR) is 393 cm³/mol. The number of fused-ring (bicyclic) bond motifs is 5. The maximum atomic E-state index is 14.5. The number of allylic oxidation sites excluding steroid dienone is 3. The summed E-state index contributed by atoms with van der Waals surface area (Å²) in [7, 11) is 0.698. The highest BCUT2D eigenvalue weighted by atomic mass is 35.5. The first-order valence-electron chi connectivity index (χ1n) is 35.6. The van der Waals surface area contributed by atoms with Gasteiger partial charge in [0.2, 0.25) is 23.6 Å². The second-order valence-electron chi connectivity index (χ2n) is 27.8. The maximum absolute atomic E-state index is 14.5. The molecule has 592 valence electrons. The van der Waals surface area contributed by atoms with Crippen molar-refractivity contribution in [3.8, 4) is 5.75 Å². The Bertz CT molecular complexity index is 3650. The molecule has 106 heavy (non-hydrogen) atoms. The number of carbonyl (C=O) groups is 10. The number of halogens is 1. The van der Waals surface area contributed by atoms with Crippen molar-refractivity contribution >= 4 is 96.0 Å². The summed E-state index contributed by atoms with van der Waals surface area (Å²) >= 11 is 6.85. The lowest BCUT2D eigenvalue weighted by molar-refractivity contribution is -0.162. The van der Waals surface area contributed by atoms with Crippen molar-refractivity contribution in [2.45, 2.75) is 173 Å². The van der Waals surface area contributed by atoms with Crippen LogP contribution in [0.1, 0.15) is 145 Å². The number of aliphatic hydroxyl groups is 1. The van der Waals surface area contributed by atoms with E-state index in [1.807, 2.05) is 13.0 Å². The number of alkyl carbamates (subject to hydrolysis) is 1. The van der Waals surface area contributed by atoms with Crippen LogP contribution < -0.4 is 36.6 Å². The number of sulfone groups is 2. The number of amides is 7. The number of hydrogen-bond acceptors (Lipinski definition) is 23. The monoisotopic (exact) mass is 1550 g/mol. The third kappa shape index (κ3) is 27.1. The molecule has 5 rings (SSSR count). The van der Waals surface area contributed by atoms with Crippen LogP contribution in [0.15, 0.2) is 60.2 Å². The van der Waals surface area contributed by atoms with Crippen molar-refractivity contribution in [1.29, 1.82) is 0 Å². The van der Waals surface area contributed by atoms with Gasteiger partial charge in [-0.1, -0.05) is 86.9 Å². The molecule has 4 bridgehead atoms. The average Bonchev–Trinajstić information content (AvgIpc) is 1.57. The molecule has 7 N–H and O–H groups in total. The van der Waals surface area contributed by atoms with E-state index in [1.165, 1.54) is 83.5 Å². The van der Waals surface area contributed by atoms with Gasteiger partial charge >= 0.3 is 18.1 Å². The molecule has 10 atom stereocenters. The van der Waals surface area contributed by atoms with Gasteiger partial charge in [0.25, 0.3) is 0 Å². The van der Waals surface area contributed by atoms with E-state index in [0.717, 1.165) is 11.1 Å². The molecule has 30 nitrogen and oxygen atoms in total. The Morgan fingerprint density at radius 1 is 0.840 bits per heavy atom. The molecule has 2 aromatic rings. The summed E-state index contributed by atoms with van der Waals surface area (Å²) < 4.78 is 96.1. The lowest BCUT2D eigenvalue weighted by atomic mass is 9.83.